The van der Waals surface area contributed by atoms with Crippen LogP contribution in [0.15, 0.2) is 23.1 Å². The molecule has 0 radical (unpaired) electrons. The number of anilines is 1. The van der Waals surface area contributed by atoms with Gasteiger partial charge in [0.1, 0.15) is 25.1 Å². The Kier molecular flexibility index (Phi) is 6.21. The Morgan fingerprint density at radius 1 is 1.27 bits per heavy atom. The summed E-state index contributed by atoms with van der Waals surface area (Å²) >= 11 is 1.42. The van der Waals surface area contributed by atoms with Crippen molar-refractivity contribution in [1.29, 1.82) is 5.26 Å². The predicted molar refractivity (Wildman–Crippen MR) is 114 cm³/mol. The Bertz CT molecular complexity index is 989. The molecule has 1 aromatic heterocycles. The number of hydrogen-bond donors (Lipinski definition) is 1. The number of thioether (sulfide) groups is 1. The van der Waals surface area contributed by atoms with Crippen LogP contribution < -0.4 is 14.8 Å². The van der Waals surface area contributed by atoms with Gasteiger partial charge in [0.2, 0.25) is 5.91 Å². The lowest BCUT2D eigenvalue weighted by atomic mass is 10.2. The number of carbonyl (C=O) groups is 1. The summed E-state index contributed by atoms with van der Waals surface area (Å²) in [5, 5.41) is 12.6. The van der Waals surface area contributed by atoms with Crippen molar-refractivity contribution in [3.63, 3.8) is 0 Å². The molecule has 2 aliphatic heterocycles. The molecule has 1 N–H and O–H groups in total. The Morgan fingerprint density at radius 2 is 2.07 bits per heavy atom. The lowest BCUT2D eigenvalue weighted by Crippen LogP contribution is -2.22. The minimum atomic E-state index is -0.155. The van der Waals surface area contributed by atoms with Gasteiger partial charge in [0, 0.05) is 17.2 Å². The molecule has 0 aliphatic carbocycles. The van der Waals surface area contributed by atoms with E-state index in [1.165, 1.54) is 11.8 Å². The summed E-state index contributed by atoms with van der Waals surface area (Å²) in [6, 6.07) is 7.92. The van der Waals surface area contributed by atoms with E-state index < -0.39 is 0 Å². The number of rotatable bonds is 6. The minimum Gasteiger partial charge on any atom is -0.486 e. The van der Waals surface area contributed by atoms with Gasteiger partial charge in [-0.3, -0.25) is 4.79 Å². The van der Waals surface area contributed by atoms with E-state index in [4.69, 9.17) is 14.2 Å². The Hall–Kier alpha value is -2.63. The SMILES string of the molecule is Cc1c(C#N)c(NC(=O)CSc2ccc3c(c2)OCCO3)n(C[C@H]2CCCO2)c1C. The zero-order chi connectivity index (χ0) is 21.1. The highest BCUT2D eigenvalue weighted by Gasteiger charge is 2.24. The highest BCUT2D eigenvalue weighted by atomic mass is 32.2. The third-order valence-corrected chi connectivity index (χ3v) is 6.49. The third-order valence-electron chi connectivity index (χ3n) is 5.49. The monoisotopic (exact) mass is 427 g/mol. The normalized spacial score (nSPS) is 17.6. The summed E-state index contributed by atoms with van der Waals surface area (Å²) in [4.78, 5) is 13.6. The van der Waals surface area contributed by atoms with E-state index in [-0.39, 0.29) is 17.8 Å². The number of fused-ring (bicyclic) bond motifs is 1. The Balaban J connectivity index is 1.46. The fourth-order valence-corrected chi connectivity index (χ4v) is 4.51. The van der Waals surface area contributed by atoms with Crippen molar-refractivity contribution in [2.75, 3.05) is 30.9 Å². The maximum atomic E-state index is 12.7. The summed E-state index contributed by atoms with van der Waals surface area (Å²) < 4.78 is 18.9. The topological polar surface area (TPSA) is 85.5 Å². The maximum Gasteiger partial charge on any atom is 0.235 e. The molecule has 8 heteroatoms. The first kappa shape index (κ1) is 20.6. The molecular formula is C22H25N3O4S. The summed E-state index contributed by atoms with van der Waals surface area (Å²) in [6.07, 6.45) is 2.15. The van der Waals surface area contributed by atoms with Gasteiger partial charge in [-0.2, -0.15) is 5.26 Å². The molecule has 7 nitrogen and oxygen atoms in total. The van der Waals surface area contributed by atoms with Crippen molar-refractivity contribution >= 4 is 23.5 Å². The second kappa shape index (κ2) is 9.02. The number of nitrogens with zero attached hydrogens (tertiary/aromatic N) is 2. The zero-order valence-electron chi connectivity index (χ0n) is 17.2. The molecule has 1 fully saturated rings. The number of hydrogen-bond acceptors (Lipinski definition) is 6. The molecule has 0 unspecified atom stereocenters. The fourth-order valence-electron chi connectivity index (χ4n) is 3.78. The number of amides is 1. The van der Waals surface area contributed by atoms with Gasteiger partial charge >= 0.3 is 0 Å². The molecule has 158 valence electrons. The molecule has 1 atom stereocenters. The van der Waals surface area contributed by atoms with Gasteiger partial charge in [0.25, 0.3) is 0 Å². The average Bonchev–Trinajstić information content (AvgIpc) is 3.35. The van der Waals surface area contributed by atoms with E-state index in [0.717, 1.165) is 41.4 Å². The van der Waals surface area contributed by atoms with Crippen LogP contribution in [-0.4, -0.2) is 42.2 Å². The lowest BCUT2D eigenvalue weighted by molar-refractivity contribution is -0.113. The maximum absolute atomic E-state index is 12.7. The highest BCUT2D eigenvalue weighted by Crippen LogP contribution is 2.34. The second-order valence-corrected chi connectivity index (χ2v) is 8.48. The van der Waals surface area contributed by atoms with E-state index in [9.17, 15) is 10.1 Å². The van der Waals surface area contributed by atoms with Crippen molar-refractivity contribution in [2.24, 2.45) is 0 Å². The molecule has 2 aromatic rings. The Morgan fingerprint density at radius 3 is 2.80 bits per heavy atom. The van der Waals surface area contributed by atoms with E-state index >= 15 is 0 Å². The predicted octanol–water partition coefficient (Wildman–Crippen LogP) is 3.66. The number of aromatic nitrogens is 1. The highest BCUT2D eigenvalue weighted by molar-refractivity contribution is 8.00. The van der Waals surface area contributed by atoms with Crippen molar-refractivity contribution < 1.29 is 19.0 Å². The summed E-state index contributed by atoms with van der Waals surface area (Å²) in [6.45, 7) is 6.37. The van der Waals surface area contributed by atoms with Crippen molar-refractivity contribution in [3.05, 3.63) is 35.0 Å². The van der Waals surface area contributed by atoms with Gasteiger partial charge in [-0.1, -0.05) is 0 Å². The molecule has 30 heavy (non-hydrogen) atoms. The largest absolute Gasteiger partial charge is 0.486 e. The standard InChI is InChI=1S/C22H25N3O4S/c1-14-15(2)25(12-16-4-3-7-27-16)22(18(14)11-23)24-21(26)13-30-17-5-6-19-20(10-17)29-9-8-28-19/h5-6,10,16H,3-4,7-9,12-13H2,1-2H3,(H,24,26)/t16-/m1/s1. The summed E-state index contributed by atoms with van der Waals surface area (Å²) in [5.74, 6) is 2.07. The summed E-state index contributed by atoms with van der Waals surface area (Å²) in [5.41, 5.74) is 2.39. The molecule has 1 aromatic carbocycles. The van der Waals surface area contributed by atoms with Gasteiger partial charge in [-0.15, -0.1) is 11.8 Å². The zero-order valence-corrected chi connectivity index (χ0v) is 18.0. The molecule has 4 rings (SSSR count). The van der Waals surface area contributed by atoms with E-state index in [1.807, 2.05) is 36.6 Å². The molecule has 2 aliphatic rings. The second-order valence-electron chi connectivity index (χ2n) is 7.43. The third kappa shape index (κ3) is 4.27. The smallest absolute Gasteiger partial charge is 0.235 e. The number of nitrogens with one attached hydrogen (secondary N) is 1. The Labute approximate surface area is 180 Å². The van der Waals surface area contributed by atoms with Crippen LogP contribution in [0.1, 0.15) is 29.7 Å². The molecule has 0 spiro atoms. The fraction of sp³-hybridized carbons (Fsp3) is 0.455. The first-order chi connectivity index (χ1) is 14.6. The molecule has 0 saturated carbocycles. The molecule has 3 heterocycles. The van der Waals surface area contributed by atoms with E-state index in [2.05, 4.69) is 11.4 Å². The van der Waals surface area contributed by atoms with Crippen LogP contribution in [0.25, 0.3) is 0 Å². The van der Waals surface area contributed by atoms with E-state index in [0.29, 0.717) is 36.9 Å². The molecule has 1 saturated heterocycles. The lowest BCUT2D eigenvalue weighted by Gasteiger charge is -2.19. The van der Waals surface area contributed by atoms with Gasteiger partial charge in [-0.05, 0) is 50.5 Å². The van der Waals surface area contributed by atoms with Crippen LogP contribution in [0, 0.1) is 25.2 Å². The van der Waals surface area contributed by atoms with Gasteiger partial charge in [0.15, 0.2) is 11.5 Å². The molecular weight excluding hydrogens is 402 g/mol. The van der Waals surface area contributed by atoms with Crippen LogP contribution in [0.4, 0.5) is 5.82 Å². The van der Waals surface area contributed by atoms with Gasteiger partial charge in [-0.25, -0.2) is 0 Å². The number of nitriles is 1. The number of benzene rings is 1. The molecule has 0 bridgehead atoms. The van der Waals surface area contributed by atoms with Crippen molar-refractivity contribution in [1.82, 2.24) is 4.57 Å². The van der Waals surface area contributed by atoms with Crippen molar-refractivity contribution in [3.8, 4) is 17.6 Å². The van der Waals surface area contributed by atoms with Crippen LogP contribution in [0.3, 0.4) is 0 Å². The van der Waals surface area contributed by atoms with E-state index in [1.54, 1.807) is 0 Å². The quantitative estimate of drug-likeness (QED) is 0.708. The first-order valence-corrected chi connectivity index (χ1v) is 11.1. The van der Waals surface area contributed by atoms with Crippen LogP contribution >= 0.6 is 11.8 Å². The number of carbonyl (C=O) groups excluding carboxylic acids is 1. The van der Waals surface area contributed by atoms with Crippen LogP contribution in [0.2, 0.25) is 0 Å². The van der Waals surface area contributed by atoms with Crippen LogP contribution in [0.5, 0.6) is 11.5 Å². The summed E-state index contributed by atoms with van der Waals surface area (Å²) in [7, 11) is 0. The number of ether oxygens (including phenoxy) is 3. The van der Waals surface area contributed by atoms with Crippen LogP contribution in [-0.2, 0) is 16.1 Å². The van der Waals surface area contributed by atoms with Crippen molar-refractivity contribution in [2.45, 2.75) is 44.2 Å². The minimum absolute atomic E-state index is 0.116. The average molecular weight is 428 g/mol. The van der Waals surface area contributed by atoms with Gasteiger partial charge < -0.3 is 24.1 Å². The molecule has 1 amide bonds. The first-order valence-electron chi connectivity index (χ1n) is 10.1. The van der Waals surface area contributed by atoms with Gasteiger partial charge in [0.05, 0.1) is 24.0 Å².